The summed E-state index contributed by atoms with van der Waals surface area (Å²) in [6.07, 6.45) is 0. The van der Waals surface area contributed by atoms with Gasteiger partial charge in [-0.3, -0.25) is 10.1 Å². The number of carbonyl (C=O) groups excluding carboxylic acids is 1. The Morgan fingerprint density at radius 2 is 1.83 bits per heavy atom. The van der Waals surface area contributed by atoms with Gasteiger partial charge in [-0.1, -0.05) is 41.4 Å². The maximum absolute atomic E-state index is 12.4. The van der Waals surface area contributed by atoms with E-state index in [0.29, 0.717) is 21.3 Å². The van der Waals surface area contributed by atoms with Crippen LogP contribution in [0.5, 0.6) is 0 Å². The van der Waals surface area contributed by atoms with Gasteiger partial charge in [0.25, 0.3) is 5.91 Å². The molecule has 0 aliphatic heterocycles. The van der Waals surface area contributed by atoms with E-state index in [4.69, 9.17) is 35.4 Å². The molecule has 2 N–H and O–H groups in total. The largest absolute Gasteiger partial charge is 0.331 e. The maximum atomic E-state index is 12.4. The zero-order valence-corrected chi connectivity index (χ0v) is 20.4. The second kappa shape index (κ2) is 9.15. The Morgan fingerprint density at radius 3 is 2.60 bits per heavy atom. The Balaban J connectivity index is 1.57. The molecule has 0 aliphatic rings. The minimum absolute atomic E-state index is 0.137. The van der Waals surface area contributed by atoms with Crippen LogP contribution in [0.1, 0.15) is 10.4 Å². The van der Waals surface area contributed by atoms with E-state index in [1.165, 1.54) is 11.3 Å². The molecule has 0 saturated carbocycles. The molecule has 150 valence electrons. The molecule has 4 aromatic rings. The SMILES string of the molecule is O=C(NC(=S)Nc1cc(-c2nc3ccccc3s2)c(Cl)cc1Cl)c1cccc(I)c1. The minimum atomic E-state index is -0.303. The highest BCUT2D eigenvalue weighted by molar-refractivity contribution is 14.1. The number of benzene rings is 3. The van der Waals surface area contributed by atoms with E-state index >= 15 is 0 Å². The Morgan fingerprint density at radius 1 is 1.03 bits per heavy atom. The summed E-state index contributed by atoms with van der Waals surface area (Å²) in [6.45, 7) is 0. The number of fused-ring (bicyclic) bond motifs is 1. The fourth-order valence-corrected chi connectivity index (χ4v) is 5.07. The van der Waals surface area contributed by atoms with Crippen LogP contribution in [0.2, 0.25) is 10.0 Å². The third-order valence-corrected chi connectivity index (χ3v) is 6.71. The molecule has 9 heteroatoms. The molecule has 1 heterocycles. The van der Waals surface area contributed by atoms with Gasteiger partial charge in [-0.15, -0.1) is 11.3 Å². The summed E-state index contributed by atoms with van der Waals surface area (Å²) in [5.41, 5.74) is 2.68. The Bertz CT molecular complexity index is 1260. The zero-order chi connectivity index (χ0) is 21.3. The van der Waals surface area contributed by atoms with Gasteiger partial charge in [0.1, 0.15) is 5.01 Å². The average molecular weight is 584 g/mol. The van der Waals surface area contributed by atoms with Gasteiger partial charge in [-0.2, -0.15) is 0 Å². The predicted molar refractivity (Wildman–Crippen MR) is 138 cm³/mol. The summed E-state index contributed by atoms with van der Waals surface area (Å²) in [6, 6.07) is 18.5. The van der Waals surface area contributed by atoms with Gasteiger partial charge in [0, 0.05) is 14.7 Å². The van der Waals surface area contributed by atoms with Crippen molar-refractivity contribution in [2.24, 2.45) is 0 Å². The Kier molecular flexibility index (Phi) is 6.54. The molecule has 0 spiro atoms. The first-order chi connectivity index (χ1) is 14.4. The molecule has 4 rings (SSSR count). The van der Waals surface area contributed by atoms with Crippen LogP contribution in [-0.2, 0) is 0 Å². The predicted octanol–water partition coefficient (Wildman–Crippen LogP) is 7.00. The molecule has 30 heavy (non-hydrogen) atoms. The number of thiazole rings is 1. The van der Waals surface area contributed by atoms with Crippen molar-refractivity contribution in [3.05, 3.63) is 79.8 Å². The van der Waals surface area contributed by atoms with E-state index in [9.17, 15) is 4.79 Å². The molecule has 1 aromatic heterocycles. The fourth-order valence-electron chi connectivity index (χ4n) is 2.75. The topological polar surface area (TPSA) is 54.0 Å². The molecule has 0 unspecified atom stereocenters. The molecule has 0 radical (unpaired) electrons. The van der Waals surface area contributed by atoms with Crippen molar-refractivity contribution < 1.29 is 4.79 Å². The number of anilines is 1. The molecule has 0 fully saturated rings. The standard InChI is InChI=1S/C21H12Cl2IN3OS2/c22-14-10-15(23)17(9-13(14)20-25-16-6-1-2-7-18(16)30-20)26-21(29)27-19(28)11-4-3-5-12(24)8-11/h1-10H,(H2,26,27,28,29). The lowest BCUT2D eigenvalue weighted by atomic mass is 10.2. The van der Waals surface area contributed by atoms with Crippen LogP contribution in [-0.4, -0.2) is 16.0 Å². The summed E-state index contributed by atoms with van der Waals surface area (Å²) >= 11 is 21.8. The zero-order valence-electron chi connectivity index (χ0n) is 15.1. The van der Waals surface area contributed by atoms with Gasteiger partial charge < -0.3 is 5.32 Å². The Hall–Kier alpha value is -1.78. The minimum Gasteiger partial charge on any atom is -0.331 e. The van der Waals surface area contributed by atoms with Gasteiger partial charge in [0.05, 0.1) is 25.9 Å². The normalized spacial score (nSPS) is 10.8. The monoisotopic (exact) mass is 583 g/mol. The first kappa shape index (κ1) is 21.5. The molecular weight excluding hydrogens is 572 g/mol. The average Bonchev–Trinajstić information content (AvgIpc) is 3.14. The number of para-hydroxylation sites is 1. The van der Waals surface area contributed by atoms with Crippen molar-refractivity contribution in [1.82, 2.24) is 10.3 Å². The highest BCUT2D eigenvalue weighted by Crippen LogP contribution is 2.38. The quantitative estimate of drug-likeness (QED) is 0.201. The van der Waals surface area contributed by atoms with Crippen LogP contribution in [0.3, 0.4) is 0 Å². The molecular formula is C21H12Cl2IN3OS2. The van der Waals surface area contributed by atoms with Crippen LogP contribution in [0.4, 0.5) is 5.69 Å². The van der Waals surface area contributed by atoms with E-state index < -0.39 is 0 Å². The lowest BCUT2D eigenvalue weighted by Gasteiger charge is -2.13. The van der Waals surface area contributed by atoms with Gasteiger partial charge in [-0.05, 0) is 77.3 Å². The van der Waals surface area contributed by atoms with E-state index in [1.54, 1.807) is 24.3 Å². The number of hydrogen-bond donors (Lipinski definition) is 2. The first-order valence-electron chi connectivity index (χ1n) is 8.63. The number of halogens is 3. The van der Waals surface area contributed by atoms with E-state index in [0.717, 1.165) is 24.4 Å². The van der Waals surface area contributed by atoms with E-state index in [1.807, 2.05) is 36.4 Å². The number of thiocarbonyl (C=S) groups is 1. The third-order valence-electron chi connectivity index (χ3n) is 4.14. The van der Waals surface area contributed by atoms with Crippen LogP contribution in [0.15, 0.2) is 60.7 Å². The number of nitrogens with zero attached hydrogens (tertiary/aromatic N) is 1. The van der Waals surface area contributed by atoms with Crippen molar-refractivity contribution in [3.8, 4) is 10.6 Å². The lowest BCUT2D eigenvalue weighted by Crippen LogP contribution is -2.34. The van der Waals surface area contributed by atoms with Crippen LogP contribution in [0, 0.1) is 3.57 Å². The Labute approximate surface area is 205 Å². The highest BCUT2D eigenvalue weighted by Gasteiger charge is 2.15. The smallest absolute Gasteiger partial charge is 0.257 e. The van der Waals surface area contributed by atoms with Crippen molar-refractivity contribution >= 4 is 96.3 Å². The van der Waals surface area contributed by atoms with Crippen LogP contribution in [0.25, 0.3) is 20.8 Å². The molecule has 1 amide bonds. The van der Waals surface area contributed by atoms with Crippen molar-refractivity contribution in [2.45, 2.75) is 0 Å². The molecule has 0 saturated heterocycles. The summed E-state index contributed by atoms with van der Waals surface area (Å²) in [7, 11) is 0. The molecule has 4 nitrogen and oxygen atoms in total. The van der Waals surface area contributed by atoms with E-state index in [-0.39, 0.29) is 11.0 Å². The van der Waals surface area contributed by atoms with E-state index in [2.05, 4.69) is 38.2 Å². The number of carbonyl (C=O) groups is 1. The second-order valence-electron chi connectivity index (χ2n) is 6.22. The van der Waals surface area contributed by atoms with Gasteiger partial charge in [0.15, 0.2) is 5.11 Å². The number of hydrogen-bond acceptors (Lipinski definition) is 4. The summed E-state index contributed by atoms with van der Waals surface area (Å²) in [4.78, 5) is 17.1. The lowest BCUT2D eigenvalue weighted by molar-refractivity contribution is 0.0977. The van der Waals surface area contributed by atoms with Gasteiger partial charge in [-0.25, -0.2) is 4.98 Å². The fraction of sp³-hybridized carbons (Fsp3) is 0. The number of rotatable bonds is 3. The maximum Gasteiger partial charge on any atom is 0.257 e. The first-order valence-corrected chi connectivity index (χ1v) is 11.7. The number of nitrogens with one attached hydrogen (secondary N) is 2. The molecule has 3 aromatic carbocycles. The molecule has 0 bridgehead atoms. The second-order valence-corrected chi connectivity index (χ2v) is 9.72. The molecule has 0 aliphatic carbocycles. The van der Waals surface area contributed by atoms with Gasteiger partial charge in [0.2, 0.25) is 0 Å². The van der Waals surface area contributed by atoms with Crippen molar-refractivity contribution in [2.75, 3.05) is 5.32 Å². The van der Waals surface area contributed by atoms with Crippen molar-refractivity contribution in [1.29, 1.82) is 0 Å². The number of aromatic nitrogens is 1. The summed E-state index contributed by atoms with van der Waals surface area (Å²) in [5.74, 6) is -0.303. The number of amides is 1. The highest BCUT2D eigenvalue weighted by atomic mass is 127. The molecule has 0 atom stereocenters. The van der Waals surface area contributed by atoms with Crippen molar-refractivity contribution in [3.63, 3.8) is 0 Å². The third kappa shape index (κ3) is 4.76. The summed E-state index contributed by atoms with van der Waals surface area (Å²) in [5, 5.41) is 7.43. The summed E-state index contributed by atoms with van der Waals surface area (Å²) < 4.78 is 2.02. The van der Waals surface area contributed by atoms with Crippen LogP contribution < -0.4 is 10.6 Å². The van der Waals surface area contributed by atoms with Gasteiger partial charge >= 0.3 is 0 Å². The van der Waals surface area contributed by atoms with Crippen LogP contribution >= 0.6 is 69.3 Å².